The molecule has 2 heterocycles. The lowest BCUT2D eigenvalue weighted by Crippen LogP contribution is -2.31. The summed E-state index contributed by atoms with van der Waals surface area (Å²) >= 11 is 15.7. The number of hydrogen-bond acceptors (Lipinski definition) is 4. The van der Waals surface area contributed by atoms with E-state index in [-0.39, 0.29) is 17.1 Å². The standard InChI is InChI=1S/C21H16BrCl2NO4/c1-28-8-2-7-25-18(11-3-5-14(23)15(24)9-11)17-19(26)13-10-12(22)4-6-16(13)29-20(17)21(25)27/h3-6,9-10,18H,2,7-8H2,1H3. The molecule has 0 fully saturated rings. The van der Waals surface area contributed by atoms with Gasteiger partial charge < -0.3 is 14.1 Å². The summed E-state index contributed by atoms with van der Waals surface area (Å²) in [5, 5.41) is 1.17. The number of halogens is 3. The fraction of sp³-hybridized carbons (Fsp3) is 0.238. The van der Waals surface area contributed by atoms with Crippen molar-refractivity contribution < 1.29 is 13.9 Å². The van der Waals surface area contributed by atoms with Crippen LogP contribution in [0, 0.1) is 0 Å². The Labute approximate surface area is 185 Å². The van der Waals surface area contributed by atoms with E-state index < -0.39 is 6.04 Å². The molecule has 0 aliphatic carbocycles. The second-order valence-electron chi connectivity index (χ2n) is 6.74. The highest BCUT2D eigenvalue weighted by molar-refractivity contribution is 9.10. The van der Waals surface area contributed by atoms with E-state index in [0.29, 0.717) is 51.7 Å². The maximum absolute atomic E-state index is 13.4. The molecule has 3 aromatic rings. The largest absolute Gasteiger partial charge is 0.450 e. The quantitative estimate of drug-likeness (QED) is 0.441. The van der Waals surface area contributed by atoms with Crippen molar-refractivity contribution in [1.82, 2.24) is 4.90 Å². The van der Waals surface area contributed by atoms with Gasteiger partial charge in [-0.25, -0.2) is 0 Å². The number of rotatable bonds is 5. The molecule has 29 heavy (non-hydrogen) atoms. The summed E-state index contributed by atoms with van der Waals surface area (Å²) in [7, 11) is 1.60. The second kappa shape index (κ2) is 8.11. The van der Waals surface area contributed by atoms with Crippen LogP contribution < -0.4 is 5.43 Å². The minimum absolute atomic E-state index is 0.0679. The topological polar surface area (TPSA) is 59.8 Å². The van der Waals surface area contributed by atoms with Gasteiger partial charge in [0.05, 0.1) is 27.0 Å². The van der Waals surface area contributed by atoms with Crippen molar-refractivity contribution >= 4 is 56.0 Å². The number of fused-ring (bicyclic) bond motifs is 2. The van der Waals surface area contributed by atoms with Crippen LogP contribution in [0.5, 0.6) is 0 Å². The van der Waals surface area contributed by atoms with Gasteiger partial charge in [0, 0.05) is 24.7 Å². The molecule has 1 aliphatic rings. The number of hydrogen-bond donors (Lipinski definition) is 0. The first-order chi connectivity index (χ1) is 13.9. The minimum atomic E-state index is -0.608. The average molecular weight is 497 g/mol. The predicted molar refractivity (Wildman–Crippen MR) is 116 cm³/mol. The van der Waals surface area contributed by atoms with Crippen LogP contribution in [0.3, 0.4) is 0 Å². The van der Waals surface area contributed by atoms with E-state index in [1.807, 2.05) is 0 Å². The highest BCUT2D eigenvalue weighted by Crippen LogP contribution is 2.40. The van der Waals surface area contributed by atoms with Crippen LogP contribution >= 0.6 is 39.1 Å². The van der Waals surface area contributed by atoms with Gasteiger partial charge in [-0.2, -0.15) is 0 Å². The molecular weight excluding hydrogens is 481 g/mol. The molecule has 0 radical (unpaired) electrons. The predicted octanol–water partition coefficient (Wildman–Crippen LogP) is 5.44. The van der Waals surface area contributed by atoms with Gasteiger partial charge in [0.1, 0.15) is 5.58 Å². The van der Waals surface area contributed by atoms with Crippen molar-refractivity contribution in [3.8, 4) is 0 Å². The van der Waals surface area contributed by atoms with Crippen molar-refractivity contribution in [2.24, 2.45) is 0 Å². The monoisotopic (exact) mass is 495 g/mol. The Balaban J connectivity index is 1.93. The summed E-state index contributed by atoms with van der Waals surface area (Å²) < 4.78 is 11.8. The summed E-state index contributed by atoms with van der Waals surface area (Å²) in [4.78, 5) is 28.2. The Morgan fingerprint density at radius 1 is 1.14 bits per heavy atom. The molecule has 4 rings (SSSR count). The molecule has 1 aliphatic heterocycles. The average Bonchev–Trinajstić information content (AvgIpc) is 2.97. The molecule has 1 atom stereocenters. The number of benzene rings is 2. The highest BCUT2D eigenvalue weighted by atomic mass is 79.9. The first-order valence-electron chi connectivity index (χ1n) is 8.93. The molecule has 0 saturated carbocycles. The molecule has 150 valence electrons. The SMILES string of the molecule is COCCCN1C(=O)c2oc3ccc(Br)cc3c(=O)c2C1c1ccc(Cl)c(Cl)c1. The van der Waals surface area contributed by atoms with Gasteiger partial charge >= 0.3 is 0 Å². The molecule has 1 amide bonds. The smallest absolute Gasteiger partial charge is 0.290 e. The van der Waals surface area contributed by atoms with Gasteiger partial charge in [-0.05, 0) is 42.3 Å². The Bertz CT molecular complexity index is 1180. The molecule has 2 aromatic carbocycles. The van der Waals surface area contributed by atoms with Crippen LogP contribution in [0.2, 0.25) is 10.0 Å². The Kier molecular flexibility index (Phi) is 5.71. The number of carbonyl (C=O) groups excluding carboxylic acids is 1. The van der Waals surface area contributed by atoms with Crippen LogP contribution in [0.4, 0.5) is 0 Å². The zero-order valence-corrected chi connectivity index (χ0v) is 18.5. The van der Waals surface area contributed by atoms with Gasteiger partial charge in [-0.15, -0.1) is 0 Å². The number of ether oxygens (including phenoxy) is 1. The van der Waals surface area contributed by atoms with E-state index in [4.69, 9.17) is 32.4 Å². The molecule has 0 saturated heterocycles. The van der Waals surface area contributed by atoms with Crippen LogP contribution in [-0.4, -0.2) is 31.1 Å². The summed E-state index contributed by atoms with van der Waals surface area (Å²) in [5.41, 5.74) is 1.15. The van der Waals surface area contributed by atoms with E-state index >= 15 is 0 Å². The summed E-state index contributed by atoms with van der Waals surface area (Å²) in [6, 6.07) is 9.66. The molecule has 0 spiro atoms. The molecule has 8 heteroatoms. The lowest BCUT2D eigenvalue weighted by atomic mass is 9.98. The van der Waals surface area contributed by atoms with Gasteiger partial charge in [0.2, 0.25) is 5.76 Å². The molecule has 1 aromatic heterocycles. The Hall–Kier alpha value is -1.86. The van der Waals surface area contributed by atoms with Crippen LogP contribution in [0.15, 0.2) is 50.1 Å². The van der Waals surface area contributed by atoms with Crippen LogP contribution in [0.1, 0.15) is 34.1 Å². The van der Waals surface area contributed by atoms with E-state index in [1.165, 1.54) is 0 Å². The number of carbonyl (C=O) groups is 1. The second-order valence-corrected chi connectivity index (χ2v) is 8.47. The highest BCUT2D eigenvalue weighted by Gasteiger charge is 2.42. The number of nitrogens with zero attached hydrogens (tertiary/aromatic N) is 1. The lowest BCUT2D eigenvalue weighted by molar-refractivity contribution is 0.0708. The van der Waals surface area contributed by atoms with E-state index in [2.05, 4.69) is 15.9 Å². The van der Waals surface area contributed by atoms with Crippen molar-refractivity contribution in [2.75, 3.05) is 20.3 Å². The molecule has 5 nitrogen and oxygen atoms in total. The first kappa shape index (κ1) is 20.4. The number of methoxy groups -OCH3 is 1. The third-order valence-electron chi connectivity index (χ3n) is 4.93. The van der Waals surface area contributed by atoms with E-state index in [0.717, 1.165) is 4.47 Å². The first-order valence-corrected chi connectivity index (χ1v) is 10.5. The zero-order valence-electron chi connectivity index (χ0n) is 15.4. The van der Waals surface area contributed by atoms with E-state index in [1.54, 1.807) is 48.4 Å². The fourth-order valence-electron chi connectivity index (χ4n) is 3.63. The van der Waals surface area contributed by atoms with Crippen molar-refractivity contribution in [2.45, 2.75) is 12.5 Å². The molecular formula is C21H16BrCl2NO4. The summed E-state index contributed by atoms with van der Waals surface area (Å²) in [6.45, 7) is 0.895. The summed E-state index contributed by atoms with van der Waals surface area (Å²) in [5.74, 6) is -0.257. The zero-order chi connectivity index (χ0) is 20.7. The van der Waals surface area contributed by atoms with Crippen molar-refractivity contribution in [3.05, 3.63) is 78.0 Å². The normalized spacial score (nSPS) is 15.9. The van der Waals surface area contributed by atoms with Crippen molar-refractivity contribution in [3.63, 3.8) is 0 Å². The van der Waals surface area contributed by atoms with Gasteiger partial charge in [0.15, 0.2) is 5.43 Å². The lowest BCUT2D eigenvalue weighted by Gasteiger charge is -2.25. The molecule has 0 bridgehead atoms. The van der Waals surface area contributed by atoms with Gasteiger partial charge in [0.25, 0.3) is 5.91 Å². The maximum Gasteiger partial charge on any atom is 0.290 e. The van der Waals surface area contributed by atoms with Crippen LogP contribution in [0.25, 0.3) is 11.0 Å². The van der Waals surface area contributed by atoms with Crippen molar-refractivity contribution in [1.29, 1.82) is 0 Å². The Morgan fingerprint density at radius 3 is 2.66 bits per heavy atom. The van der Waals surface area contributed by atoms with Gasteiger partial charge in [-0.3, -0.25) is 9.59 Å². The molecule has 0 N–H and O–H groups in total. The van der Waals surface area contributed by atoms with Gasteiger partial charge in [-0.1, -0.05) is 45.2 Å². The third kappa shape index (κ3) is 3.59. The number of amides is 1. The minimum Gasteiger partial charge on any atom is -0.450 e. The third-order valence-corrected chi connectivity index (χ3v) is 6.17. The molecule has 1 unspecified atom stereocenters. The fourth-order valence-corrected chi connectivity index (χ4v) is 4.30. The summed E-state index contributed by atoms with van der Waals surface area (Å²) in [6.07, 6.45) is 0.618. The Morgan fingerprint density at radius 2 is 1.93 bits per heavy atom. The van der Waals surface area contributed by atoms with Crippen LogP contribution in [-0.2, 0) is 4.74 Å². The maximum atomic E-state index is 13.4. The van der Waals surface area contributed by atoms with E-state index in [9.17, 15) is 9.59 Å².